The lowest BCUT2D eigenvalue weighted by atomic mass is 10.0. The van der Waals surface area contributed by atoms with Crippen LogP contribution in [0.2, 0.25) is 0 Å². The molecular weight excluding hydrogens is 318 g/mol. The smallest absolute Gasteiger partial charge is 0.261 e. The normalized spacial score (nSPS) is 11.6. The summed E-state index contributed by atoms with van der Waals surface area (Å²) in [6.07, 6.45) is 1.14. The van der Waals surface area contributed by atoms with Crippen LogP contribution in [-0.4, -0.2) is 20.6 Å². The Morgan fingerprint density at radius 2 is 1.77 bits per heavy atom. The van der Waals surface area contributed by atoms with Gasteiger partial charge in [-0.05, 0) is 29.2 Å². The van der Waals surface area contributed by atoms with E-state index in [9.17, 15) is 13.2 Å². The van der Waals surface area contributed by atoms with E-state index in [-0.39, 0.29) is 10.1 Å². The lowest BCUT2D eigenvalue weighted by Gasteiger charge is -2.07. The largest absolute Gasteiger partial charge is 0.347 e. The van der Waals surface area contributed by atoms with Crippen LogP contribution in [0.5, 0.6) is 0 Å². The molecule has 2 rings (SSSR count). The second-order valence-corrected chi connectivity index (χ2v) is 8.80. The number of thiophene rings is 1. The van der Waals surface area contributed by atoms with E-state index in [0.29, 0.717) is 17.3 Å². The van der Waals surface area contributed by atoms with E-state index in [0.717, 1.165) is 23.2 Å². The first kappa shape index (κ1) is 16.7. The number of nitrogens with one attached hydrogen (secondary N) is 1. The third-order valence-corrected chi connectivity index (χ3v) is 6.17. The van der Waals surface area contributed by atoms with Crippen molar-refractivity contribution < 1.29 is 13.2 Å². The number of hydrogen-bond acceptors (Lipinski definition) is 4. The van der Waals surface area contributed by atoms with Gasteiger partial charge in [0.2, 0.25) is 0 Å². The molecule has 0 aliphatic carbocycles. The Bertz CT molecular complexity index is 759. The highest BCUT2D eigenvalue weighted by Gasteiger charge is 2.14. The molecule has 0 fully saturated rings. The zero-order valence-electron chi connectivity index (χ0n) is 12.8. The van der Waals surface area contributed by atoms with Gasteiger partial charge in [0.15, 0.2) is 9.84 Å². The Morgan fingerprint density at radius 1 is 1.14 bits per heavy atom. The van der Waals surface area contributed by atoms with Crippen molar-refractivity contribution in [3.05, 3.63) is 52.4 Å². The molecule has 4 nitrogen and oxygen atoms in total. The molecule has 22 heavy (non-hydrogen) atoms. The molecule has 0 saturated heterocycles. The molecule has 0 spiro atoms. The van der Waals surface area contributed by atoms with Crippen LogP contribution in [0.15, 0.2) is 40.6 Å². The molecule has 0 unspecified atom stereocenters. The fourth-order valence-electron chi connectivity index (χ4n) is 1.93. The fraction of sp³-hybridized carbons (Fsp3) is 0.312. The molecule has 1 aromatic carbocycles. The van der Waals surface area contributed by atoms with Gasteiger partial charge >= 0.3 is 0 Å². The Hall–Kier alpha value is -1.66. The molecule has 1 aromatic heterocycles. The lowest BCUT2D eigenvalue weighted by molar-refractivity contribution is 0.0955. The summed E-state index contributed by atoms with van der Waals surface area (Å²) in [5, 5.41) is 2.81. The second kappa shape index (κ2) is 6.62. The predicted molar refractivity (Wildman–Crippen MR) is 89.1 cm³/mol. The minimum atomic E-state index is -3.26. The van der Waals surface area contributed by atoms with E-state index in [1.807, 2.05) is 12.1 Å². The number of sulfone groups is 1. The molecule has 2 aromatic rings. The third kappa shape index (κ3) is 4.18. The second-order valence-electron chi connectivity index (χ2n) is 5.47. The van der Waals surface area contributed by atoms with Crippen molar-refractivity contribution in [1.29, 1.82) is 0 Å². The van der Waals surface area contributed by atoms with Crippen LogP contribution in [-0.2, 0) is 16.4 Å². The van der Waals surface area contributed by atoms with E-state index in [4.69, 9.17) is 0 Å². The summed E-state index contributed by atoms with van der Waals surface area (Å²) in [6, 6.07) is 11.1. The standard InChI is InChI=1S/C16H19NO3S2/c1-11(2)13-6-4-12(5-7-13)10-17-16(18)14-8-9-15(21-14)22(3,19)20/h4-9,11H,10H2,1-3H3,(H,17,18). The maximum absolute atomic E-state index is 12.0. The number of benzene rings is 1. The van der Waals surface area contributed by atoms with Crippen molar-refractivity contribution in [1.82, 2.24) is 5.32 Å². The van der Waals surface area contributed by atoms with Crippen LogP contribution in [0.1, 0.15) is 40.6 Å². The first-order chi connectivity index (χ1) is 10.3. The molecule has 1 amide bonds. The summed E-state index contributed by atoms with van der Waals surface area (Å²) in [4.78, 5) is 12.4. The van der Waals surface area contributed by atoms with Gasteiger partial charge in [-0.2, -0.15) is 0 Å². The van der Waals surface area contributed by atoms with E-state index >= 15 is 0 Å². The monoisotopic (exact) mass is 337 g/mol. The molecular formula is C16H19NO3S2. The molecule has 118 valence electrons. The molecule has 1 heterocycles. The minimum absolute atomic E-state index is 0.207. The summed E-state index contributed by atoms with van der Waals surface area (Å²) >= 11 is 0.989. The van der Waals surface area contributed by atoms with Gasteiger partial charge in [-0.25, -0.2) is 8.42 Å². The van der Waals surface area contributed by atoms with E-state index in [2.05, 4.69) is 31.3 Å². The summed E-state index contributed by atoms with van der Waals surface area (Å²) in [7, 11) is -3.26. The van der Waals surface area contributed by atoms with Gasteiger partial charge in [0, 0.05) is 12.8 Å². The SMILES string of the molecule is CC(C)c1ccc(CNC(=O)c2ccc(S(C)(=O)=O)s2)cc1. The Balaban J connectivity index is 1.99. The van der Waals surface area contributed by atoms with E-state index in [1.165, 1.54) is 17.7 Å². The molecule has 1 N–H and O–H groups in total. The first-order valence-corrected chi connectivity index (χ1v) is 9.65. The van der Waals surface area contributed by atoms with E-state index < -0.39 is 9.84 Å². The highest BCUT2D eigenvalue weighted by atomic mass is 32.2. The van der Waals surface area contributed by atoms with Crippen LogP contribution in [0.25, 0.3) is 0 Å². The molecule has 0 atom stereocenters. The number of carbonyl (C=O) groups is 1. The minimum Gasteiger partial charge on any atom is -0.347 e. The van der Waals surface area contributed by atoms with Crippen LogP contribution in [0.4, 0.5) is 0 Å². The van der Waals surface area contributed by atoms with Crippen LogP contribution >= 0.6 is 11.3 Å². The van der Waals surface area contributed by atoms with Gasteiger partial charge in [0.05, 0.1) is 4.88 Å². The number of carbonyl (C=O) groups excluding carboxylic acids is 1. The summed E-state index contributed by atoms with van der Waals surface area (Å²) in [5.41, 5.74) is 2.27. The maximum Gasteiger partial charge on any atom is 0.261 e. The number of rotatable bonds is 5. The van der Waals surface area contributed by atoms with Crippen molar-refractivity contribution in [2.75, 3.05) is 6.26 Å². The van der Waals surface area contributed by atoms with Crippen molar-refractivity contribution >= 4 is 27.1 Å². The average molecular weight is 337 g/mol. The molecule has 0 saturated carbocycles. The summed E-state index contributed by atoms with van der Waals surface area (Å²) < 4.78 is 23.0. The number of amides is 1. The van der Waals surface area contributed by atoms with Crippen LogP contribution in [0.3, 0.4) is 0 Å². The van der Waals surface area contributed by atoms with Gasteiger partial charge in [-0.1, -0.05) is 38.1 Å². The van der Waals surface area contributed by atoms with Crippen molar-refractivity contribution in [2.45, 2.75) is 30.5 Å². The first-order valence-electron chi connectivity index (χ1n) is 6.94. The molecule has 0 aliphatic heterocycles. The molecule has 6 heteroatoms. The van der Waals surface area contributed by atoms with Gasteiger partial charge < -0.3 is 5.32 Å². The third-order valence-electron chi connectivity index (χ3n) is 3.27. The topological polar surface area (TPSA) is 63.2 Å². The average Bonchev–Trinajstić information content (AvgIpc) is 2.95. The number of hydrogen-bond donors (Lipinski definition) is 1. The molecule has 0 aliphatic rings. The maximum atomic E-state index is 12.0. The van der Waals surface area contributed by atoms with Gasteiger partial charge in [-0.3, -0.25) is 4.79 Å². The van der Waals surface area contributed by atoms with Gasteiger partial charge in [-0.15, -0.1) is 11.3 Å². The molecule has 0 radical (unpaired) electrons. The highest BCUT2D eigenvalue weighted by molar-refractivity contribution is 7.92. The lowest BCUT2D eigenvalue weighted by Crippen LogP contribution is -2.21. The van der Waals surface area contributed by atoms with Crippen molar-refractivity contribution in [2.24, 2.45) is 0 Å². The van der Waals surface area contributed by atoms with Crippen molar-refractivity contribution in [3.63, 3.8) is 0 Å². The Labute approximate surface area is 135 Å². The Kier molecular flexibility index (Phi) is 5.03. The summed E-state index contributed by atoms with van der Waals surface area (Å²) in [5.74, 6) is 0.219. The summed E-state index contributed by atoms with van der Waals surface area (Å²) in [6.45, 7) is 4.68. The zero-order chi connectivity index (χ0) is 16.3. The van der Waals surface area contributed by atoms with Gasteiger partial charge in [0.1, 0.15) is 4.21 Å². The highest BCUT2D eigenvalue weighted by Crippen LogP contribution is 2.21. The van der Waals surface area contributed by atoms with Crippen LogP contribution < -0.4 is 5.32 Å². The Morgan fingerprint density at radius 3 is 2.27 bits per heavy atom. The fourth-order valence-corrected chi connectivity index (χ4v) is 3.78. The molecule has 0 bridgehead atoms. The van der Waals surface area contributed by atoms with Gasteiger partial charge in [0.25, 0.3) is 5.91 Å². The van der Waals surface area contributed by atoms with Crippen molar-refractivity contribution in [3.8, 4) is 0 Å². The quantitative estimate of drug-likeness (QED) is 0.911. The predicted octanol–water partition coefficient (Wildman–Crippen LogP) is 3.21. The van der Waals surface area contributed by atoms with E-state index in [1.54, 1.807) is 0 Å². The zero-order valence-corrected chi connectivity index (χ0v) is 14.4. The van der Waals surface area contributed by atoms with Crippen LogP contribution in [0, 0.1) is 0 Å².